The number of benzene rings is 1. The Morgan fingerprint density at radius 3 is 2.97 bits per heavy atom. The quantitative estimate of drug-likeness (QED) is 0.597. The van der Waals surface area contributed by atoms with E-state index in [0.717, 1.165) is 36.0 Å². The van der Waals surface area contributed by atoms with Gasteiger partial charge in [0.25, 0.3) is 0 Å². The second-order valence-corrected chi connectivity index (χ2v) is 8.92. The molecule has 0 saturated heterocycles. The molecule has 0 saturated carbocycles. The van der Waals surface area contributed by atoms with E-state index in [1.54, 1.807) is 6.34 Å². The fourth-order valence-corrected chi connectivity index (χ4v) is 5.16. The van der Waals surface area contributed by atoms with Gasteiger partial charge < -0.3 is 25.6 Å². The molecular formula is C27H30N6O. The van der Waals surface area contributed by atoms with Gasteiger partial charge in [0.2, 0.25) is 0 Å². The minimum Gasteiger partial charge on any atom is -0.383 e. The number of aromatic nitrogens is 1. The summed E-state index contributed by atoms with van der Waals surface area (Å²) in [7, 11) is 0. The van der Waals surface area contributed by atoms with Crippen molar-refractivity contribution in [1.82, 2.24) is 14.8 Å². The van der Waals surface area contributed by atoms with Crippen LogP contribution < -0.4 is 21.5 Å². The molecule has 1 aromatic heterocycles. The molecule has 0 amide bonds. The van der Waals surface area contributed by atoms with Crippen LogP contribution in [0.5, 0.6) is 0 Å². The molecule has 1 aromatic carbocycles. The van der Waals surface area contributed by atoms with E-state index in [-0.39, 0.29) is 6.04 Å². The zero-order valence-corrected chi connectivity index (χ0v) is 19.4. The minimum atomic E-state index is -0.896. The molecule has 1 aliphatic carbocycles. The summed E-state index contributed by atoms with van der Waals surface area (Å²) in [6.45, 7) is 3.92. The Morgan fingerprint density at radius 2 is 2.15 bits per heavy atom. The third-order valence-electron chi connectivity index (χ3n) is 6.79. The normalized spacial score (nSPS) is 21.1. The van der Waals surface area contributed by atoms with Gasteiger partial charge in [-0.25, -0.2) is 4.99 Å². The molecule has 2 atom stereocenters. The molecule has 0 spiro atoms. The van der Waals surface area contributed by atoms with Gasteiger partial charge in [0.1, 0.15) is 11.8 Å². The maximum atomic E-state index is 11.4. The van der Waals surface area contributed by atoms with Crippen LogP contribution >= 0.6 is 0 Å². The monoisotopic (exact) mass is 454 g/mol. The van der Waals surface area contributed by atoms with Crippen LogP contribution in [0.1, 0.15) is 42.9 Å². The number of aliphatic hydroxyl groups is 1. The number of aliphatic hydroxyl groups excluding tert-OH is 1. The number of aliphatic imine (C=N–C) groups is 1. The van der Waals surface area contributed by atoms with Crippen molar-refractivity contribution in [1.29, 1.82) is 5.26 Å². The molecule has 5 rings (SSSR count). The van der Waals surface area contributed by atoms with Gasteiger partial charge in [-0.3, -0.25) is 0 Å². The lowest BCUT2D eigenvalue weighted by atomic mass is 10.0. The Morgan fingerprint density at radius 1 is 1.29 bits per heavy atom. The summed E-state index contributed by atoms with van der Waals surface area (Å²) in [5.74, 6) is 0. The van der Waals surface area contributed by atoms with Crippen molar-refractivity contribution in [3.05, 3.63) is 75.5 Å². The average Bonchev–Trinajstić information content (AvgIpc) is 3.00. The highest BCUT2D eigenvalue weighted by Gasteiger charge is 2.32. The maximum absolute atomic E-state index is 11.4. The average molecular weight is 455 g/mol. The third kappa shape index (κ3) is 3.96. The second-order valence-electron chi connectivity index (χ2n) is 8.92. The van der Waals surface area contributed by atoms with Crippen molar-refractivity contribution >= 4 is 23.8 Å². The van der Waals surface area contributed by atoms with Gasteiger partial charge in [0.15, 0.2) is 6.23 Å². The number of nitrogens with one attached hydrogen (secondary N) is 1. The number of nitrogens with two attached hydrogens (primary N) is 1. The Kier molecular flexibility index (Phi) is 6.10. The van der Waals surface area contributed by atoms with Crippen molar-refractivity contribution in [3.63, 3.8) is 0 Å². The summed E-state index contributed by atoms with van der Waals surface area (Å²) in [5.41, 5.74) is 11.2. The number of hydrogen-bond acceptors (Lipinski definition) is 6. The molecule has 34 heavy (non-hydrogen) atoms. The van der Waals surface area contributed by atoms with Crippen molar-refractivity contribution in [3.8, 4) is 6.07 Å². The van der Waals surface area contributed by atoms with E-state index in [2.05, 4.69) is 51.3 Å². The lowest BCUT2D eigenvalue weighted by Gasteiger charge is -2.31. The third-order valence-corrected chi connectivity index (χ3v) is 6.79. The van der Waals surface area contributed by atoms with Crippen LogP contribution in [0.4, 0.5) is 5.69 Å². The summed E-state index contributed by atoms with van der Waals surface area (Å²) in [5, 5.41) is 27.3. The largest absolute Gasteiger partial charge is 0.383 e. The number of nitrogens with zero attached hydrogens (tertiary/aromatic N) is 4. The van der Waals surface area contributed by atoms with Crippen LogP contribution in [-0.2, 0) is 13.0 Å². The van der Waals surface area contributed by atoms with Gasteiger partial charge in [-0.15, -0.1) is 0 Å². The van der Waals surface area contributed by atoms with Gasteiger partial charge in [-0.2, -0.15) is 5.26 Å². The first-order chi connectivity index (χ1) is 16.6. The van der Waals surface area contributed by atoms with Crippen LogP contribution in [0.15, 0.2) is 53.1 Å². The van der Waals surface area contributed by atoms with Crippen LogP contribution in [-0.4, -0.2) is 40.0 Å². The van der Waals surface area contributed by atoms with E-state index in [4.69, 9.17) is 5.73 Å². The first kappa shape index (κ1) is 22.2. The van der Waals surface area contributed by atoms with Gasteiger partial charge in [0.05, 0.1) is 24.1 Å². The summed E-state index contributed by atoms with van der Waals surface area (Å²) in [6.07, 6.45) is 11.5. The lowest BCUT2D eigenvalue weighted by molar-refractivity contribution is 0.0547. The fourth-order valence-electron chi connectivity index (χ4n) is 5.16. The lowest BCUT2D eigenvalue weighted by Crippen LogP contribution is -2.43. The molecule has 0 radical (unpaired) electrons. The Hall–Kier alpha value is -3.60. The summed E-state index contributed by atoms with van der Waals surface area (Å²) in [6, 6.07) is 10.6. The molecule has 0 bridgehead atoms. The topological polar surface area (TPSA) is 103 Å². The molecule has 0 fully saturated rings. The number of nitriles is 1. The van der Waals surface area contributed by atoms with Crippen molar-refractivity contribution < 1.29 is 5.11 Å². The highest BCUT2D eigenvalue weighted by molar-refractivity contribution is 5.74. The van der Waals surface area contributed by atoms with Crippen LogP contribution in [0.3, 0.4) is 0 Å². The fraction of sp³-hybridized carbons (Fsp3) is 0.333. The van der Waals surface area contributed by atoms with Gasteiger partial charge in [-0.1, -0.05) is 54.1 Å². The number of allylic oxidation sites excluding steroid dienone is 2. The van der Waals surface area contributed by atoms with Gasteiger partial charge in [0, 0.05) is 42.2 Å². The number of rotatable bonds is 5. The first-order valence-corrected chi connectivity index (χ1v) is 11.9. The Balaban J connectivity index is 1.50. The van der Waals surface area contributed by atoms with E-state index in [9.17, 15) is 10.4 Å². The molecule has 4 N–H and O–H groups in total. The summed E-state index contributed by atoms with van der Waals surface area (Å²) < 4.78 is 2.06. The predicted molar refractivity (Wildman–Crippen MR) is 134 cm³/mol. The smallest absolute Gasteiger partial charge is 0.171 e. The maximum Gasteiger partial charge on any atom is 0.171 e. The van der Waals surface area contributed by atoms with Gasteiger partial charge >= 0.3 is 0 Å². The molecule has 7 heteroatoms. The molecular weight excluding hydrogens is 424 g/mol. The highest BCUT2D eigenvalue weighted by atomic mass is 16.3. The first-order valence-electron chi connectivity index (χ1n) is 11.9. The standard InChI is InChI=1S/C27H30N6O/c1-2-33-24(14-18-7-3-5-9-20(29)13-18)22(15-28)25-26(33)27(34)32(17-31-25)16-23-21-10-6-4-8-19(21)11-12-30-23/h4-11,17,20,27,30,34H,2-3,12-14,16,29H2,1H3. The molecule has 3 heterocycles. The zero-order valence-electron chi connectivity index (χ0n) is 19.4. The Bertz CT molecular complexity index is 1360. The number of fused-ring (bicyclic) bond motifs is 2. The van der Waals surface area contributed by atoms with Crippen LogP contribution in [0, 0.1) is 11.3 Å². The molecule has 3 aliphatic rings. The van der Waals surface area contributed by atoms with Crippen LogP contribution in [0.2, 0.25) is 0 Å². The Labute approximate surface area is 199 Å². The van der Waals surface area contributed by atoms with E-state index in [0.29, 0.717) is 36.5 Å². The van der Waals surface area contributed by atoms with E-state index >= 15 is 0 Å². The predicted octanol–water partition coefficient (Wildman–Crippen LogP) is 1.68. The summed E-state index contributed by atoms with van der Waals surface area (Å²) >= 11 is 0. The van der Waals surface area contributed by atoms with Crippen molar-refractivity contribution in [2.24, 2.45) is 10.7 Å². The van der Waals surface area contributed by atoms with E-state index < -0.39 is 6.23 Å². The molecule has 174 valence electrons. The number of hydrogen-bond donors (Lipinski definition) is 3. The van der Waals surface area contributed by atoms with E-state index in [1.807, 2.05) is 30.0 Å². The molecule has 7 nitrogen and oxygen atoms in total. The highest BCUT2D eigenvalue weighted by Crippen LogP contribution is 2.39. The minimum absolute atomic E-state index is 0.0156. The van der Waals surface area contributed by atoms with E-state index in [1.165, 1.54) is 10.8 Å². The van der Waals surface area contributed by atoms with Crippen molar-refractivity contribution in [2.75, 3.05) is 13.1 Å². The molecule has 2 aromatic rings. The van der Waals surface area contributed by atoms with Gasteiger partial charge in [-0.05, 0) is 25.0 Å². The summed E-state index contributed by atoms with van der Waals surface area (Å²) in [4.78, 5) is 6.49. The molecule has 2 aliphatic heterocycles. The molecule has 2 unspecified atom stereocenters. The van der Waals surface area contributed by atoms with Crippen molar-refractivity contribution in [2.45, 2.75) is 45.0 Å². The van der Waals surface area contributed by atoms with Crippen LogP contribution in [0.25, 0.3) is 11.8 Å². The zero-order chi connectivity index (χ0) is 23.7. The second kappa shape index (κ2) is 9.34. The SMILES string of the molecule is CCn1c(CC2=CCC=CC(N)C2)c(C#N)c2c1C(O)N(CC1=c3ccccc3=CCN1)C=N2.